The first-order valence-electron chi connectivity index (χ1n) is 22.2. The molecule has 5 N–H and O–H groups in total. The molecular formula is C48H57N9O6. The zero-order valence-corrected chi connectivity index (χ0v) is 35.9. The molecule has 1 aromatic heterocycles. The topological polar surface area (TPSA) is 189 Å². The van der Waals surface area contributed by atoms with Gasteiger partial charge in [0.2, 0.25) is 11.8 Å². The Morgan fingerprint density at radius 2 is 1.65 bits per heavy atom. The number of anilines is 2. The minimum absolute atomic E-state index is 0.0109. The Morgan fingerprint density at radius 3 is 2.40 bits per heavy atom. The lowest BCUT2D eigenvalue weighted by atomic mass is 9.87. The van der Waals surface area contributed by atoms with Crippen LogP contribution < -0.4 is 21.5 Å². The Morgan fingerprint density at radius 1 is 0.905 bits per heavy atom. The minimum atomic E-state index is -0.653. The summed E-state index contributed by atoms with van der Waals surface area (Å²) in [5.74, 6) is 1.15. The van der Waals surface area contributed by atoms with Crippen LogP contribution in [0.1, 0.15) is 90.1 Å². The maximum absolute atomic E-state index is 13.4. The number of carbonyl (C=O) groups is 5. The second kappa shape index (κ2) is 19.3. The fourth-order valence-electron chi connectivity index (χ4n) is 9.50. The molecule has 8 rings (SSSR count). The van der Waals surface area contributed by atoms with E-state index in [-0.39, 0.29) is 48.6 Å². The number of fused-ring (bicyclic) bond motifs is 2. The molecule has 15 nitrogen and oxygen atoms in total. The van der Waals surface area contributed by atoms with Crippen LogP contribution in [0.25, 0.3) is 11.3 Å². The third-order valence-electron chi connectivity index (χ3n) is 12.9. The lowest BCUT2D eigenvalue weighted by molar-refractivity contribution is -0.152. The number of para-hydroxylation sites is 1. The highest BCUT2D eigenvalue weighted by molar-refractivity contribution is 6.06. The van der Waals surface area contributed by atoms with Gasteiger partial charge in [-0.15, -0.1) is 0 Å². The second-order valence-electron chi connectivity index (χ2n) is 17.1. The average Bonchev–Trinajstić information content (AvgIpc) is 3.85. The SMILES string of the molecule is CN(C/C=C/C(=O)N1CCC([C@@H]2CCNc3c(C(N)=O)c(-c4ccc(Oc5ccccc5)cc4)nn32)CC1)CCCCCCN1C(=O)CCC(N2Cc3c(N)cccc3C2=O)C1=O. The molecule has 5 amide bonds. The van der Waals surface area contributed by atoms with Crippen LogP contribution in [0.5, 0.6) is 11.5 Å². The lowest BCUT2D eigenvalue weighted by Gasteiger charge is -2.38. The van der Waals surface area contributed by atoms with Gasteiger partial charge < -0.3 is 36.2 Å². The fourth-order valence-corrected chi connectivity index (χ4v) is 9.50. The first-order chi connectivity index (χ1) is 30.6. The number of hydrogen-bond donors (Lipinski definition) is 3. The van der Waals surface area contributed by atoms with Crippen LogP contribution in [0.2, 0.25) is 0 Å². The summed E-state index contributed by atoms with van der Waals surface area (Å²) in [6.07, 6.45) is 10.2. The smallest absolute Gasteiger partial charge is 0.255 e. The molecule has 2 saturated heterocycles. The second-order valence-corrected chi connectivity index (χ2v) is 17.1. The van der Waals surface area contributed by atoms with Gasteiger partial charge in [-0.1, -0.05) is 43.2 Å². The van der Waals surface area contributed by atoms with E-state index in [9.17, 15) is 24.0 Å². The first kappa shape index (κ1) is 43.2. The van der Waals surface area contributed by atoms with Crippen molar-refractivity contribution in [2.24, 2.45) is 11.7 Å². The molecule has 2 fully saturated rings. The summed E-state index contributed by atoms with van der Waals surface area (Å²) in [4.78, 5) is 72.3. The number of nitrogens with one attached hydrogen (secondary N) is 1. The van der Waals surface area contributed by atoms with Gasteiger partial charge in [-0.05, 0) is 107 Å². The molecule has 15 heteroatoms. The minimum Gasteiger partial charge on any atom is -0.457 e. The van der Waals surface area contributed by atoms with Crippen molar-refractivity contribution in [2.75, 3.05) is 57.4 Å². The van der Waals surface area contributed by atoms with Crippen LogP contribution in [-0.2, 0) is 20.9 Å². The molecule has 4 aromatic rings. The van der Waals surface area contributed by atoms with Gasteiger partial charge in [0, 0.05) is 74.1 Å². The Bertz CT molecular complexity index is 2350. The summed E-state index contributed by atoms with van der Waals surface area (Å²) in [6.45, 7) is 4.14. The van der Waals surface area contributed by atoms with E-state index in [1.54, 1.807) is 29.2 Å². The number of carbonyl (C=O) groups excluding carboxylic acids is 5. The zero-order chi connectivity index (χ0) is 44.0. The summed E-state index contributed by atoms with van der Waals surface area (Å²) >= 11 is 0. The molecule has 1 unspecified atom stereocenters. The molecule has 4 aliphatic heterocycles. The van der Waals surface area contributed by atoms with Gasteiger partial charge in [-0.25, -0.2) is 4.68 Å². The van der Waals surface area contributed by atoms with Gasteiger partial charge in [0.15, 0.2) is 0 Å². The molecule has 3 aromatic carbocycles. The van der Waals surface area contributed by atoms with Crippen LogP contribution in [0.15, 0.2) is 84.9 Å². The highest BCUT2D eigenvalue weighted by Gasteiger charge is 2.43. The Kier molecular flexibility index (Phi) is 13.2. The van der Waals surface area contributed by atoms with Gasteiger partial charge in [-0.2, -0.15) is 5.10 Å². The van der Waals surface area contributed by atoms with Crippen molar-refractivity contribution in [3.05, 3.63) is 102 Å². The van der Waals surface area contributed by atoms with Gasteiger partial charge in [0.1, 0.15) is 34.6 Å². The number of likely N-dealkylation sites (N-methyl/N-ethyl adjacent to an activating group) is 1. The summed E-state index contributed by atoms with van der Waals surface area (Å²) < 4.78 is 7.91. The van der Waals surface area contributed by atoms with E-state index in [0.29, 0.717) is 79.6 Å². The lowest BCUT2D eigenvalue weighted by Crippen LogP contribution is -2.54. The van der Waals surface area contributed by atoms with Crippen molar-refractivity contribution in [2.45, 2.75) is 76.4 Å². The van der Waals surface area contributed by atoms with Crippen LogP contribution in [0, 0.1) is 5.92 Å². The van der Waals surface area contributed by atoms with Crippen LogP contribution in [0.3, 0.4) is 0 Å². The van der Waals surface area contributed by atoms with E-state index in [1.165, 1.54) is 4.90 Å². The summed E-state index contributed by atoms with van der Waals surface area (Å²) in [6, 6.07) is 21.7. The summed E-state index contributed by atoms with van der Waals surface area (Å²) in [7, 11) is 2.03. The molecular weight excluding hydrogens is 799 g/mol. The zero-order valence-electron chi connectivity index (χ0n) is 35.9. The molecule has 2 atom stereocenters. The largest absolute Gasteiger partial charge is 0.457 e. The highest BCUT2D eigenvalue weighted by Crippen LogP contribution is 2.40. The maximum atomic E-state index is 13.4. The first-order valence-corrected chi connectivity index (χ1v) is 22.2. The number of piperidine rings is 2. The third-order valence-corrected chi connectivity index (χ3v) is 12.9. The number of imide groups is 1. The standard InChI is InChI=1S/C48H57N9O6/c1-53(26-7-2-3-8-28-55-42(59)21-20-40(48(55)62)56-31-37-36(47(56)61)13-9-14-38(37)49)27-10-15-41(58)54-29-23-32(24-30-54)39-22-25-51-46-43(45(50)60)44(52-57(39)46)33-16-18-35(19-17-33)63-34-11-5-4-6-12-34/h4-6,9-19,32,39-40,51H,2-3,7-8,20-31,49H2,1H3,(H2,50,60)/b15-10+/t39-,40?/m0/s1. The molecule has 4 aliphatic rings. The van der Waals surface area contributed by atoms with Crippen molar-refractivity contribution in [3.63, 3.8) is 0 Å². The fraction of sp³-hybridized carbons (Fsp3) is 0.417. The normalized spacial score (nSPS) is 19.1. The highest BCUT2D eigenvalue weighted by atomic mass is 16.5. The number of nitrogens with zero attached hydrogens (tertiary/aromatic N) is 6. The number of primary amides is 1. The molecule has 63 heavy (non-hydrogen) atoms. The van der Waals surface area contributed by atoms with Crippen LogP contribution in [-0.4, -0.2) is 111 Å². The Hall–Kier alpha value is -6.48. The van der Waals surface area contributed by atoms with E-state index in [2.05, 4.69) is 10.2 Å². The van der Waals surface area contributed by atoms with Gasteiger partial charge in [0.25, 0.3) is 17.7 Å². The number of rotatable bonds is 16. The molecule has 5 heterocycles. The Labute approximate surface area is 368 Å². The molecule has 0 aliphatic carbocycles. The number of likely N-dealkylation sites (tertiary alicyclic amines) is 2. The number of nitrogens with two attached hydrogens (primary N) is 2. The predicted octanol–water partition coefficient (Wildman–Crippen LogP) is 5.84. The van der Waals surface area contributed by atoms with Gasteiger partial charge in [-0.3, -0.25) is 28.9 Å². The molecule has 0 spiro atoms. The Balaban J connectivity index is 0.752. The third kappa shape index (κ3) is 9.48. The van der Waals surface area contributed by atoms with Crippen LogP contribution in [0.4, 0.5) is 11.5 Å². The number of ether oxygens (including phenoxy) is 1. The molecule has 330 valence electrons. The maximum Gasteiger partial charge on any atom is 0.255 e. The monoisotopic (exact) mass is 855 g/mol. The van der Waals surface area contributed by atoms with Crippen molar-refractivity contribution < 1.29 is 28.7 Å². The number of aromatic nitrogens is 2. The van der Waals surface area contributed by atoms with Gasteiger partial charge >= 0.3 is 0 Å². The molecule has 0 saturated carbocycles. The number of benzene rings is 3. The average molecular weight is 856 g/mol. The number of nitrogen functional groups attached to an aromatic ring is 1. The van der Waals surface area contributed by atoms with E-state index < -0.39 is 11.9 Å². The van der Waals surface area contributed by atoms with E-state index in [1.807, 2.05) is 77.3 Å². The molecule has 0 radical (unpaired) electrons. The van der Waals surface area contributed by atoms with Crippen molar-refractivity contribution >= 4 is 41.0 Å². The van der Waals surface area contributed by atoms with Crippen molar-refractivity contribution in [3.8, 4) is 22.8 Å². The number of amides is 5. The quantitative estimate of drug-likeness (QED) is 0.0535. The number of unbranched alkanes of at least 4 members (excludes halogenated alkanes) is 3. The van der Waals surface area contributed by atoms with Gasteiger partial charge in [0.05, 0.1) is 6.04 Å². The summed E-state index contributed by atoms with van der Waals surface area (Å²) in [5.41, 5.74) is 15.6. The van der Waals surface area contributed by atoms with Crippen LogP contribution >= 0.6 is 0 Å². The van der Waals surface area contributed by atoms with Crippen molar-refractivity contribution in [1.29, 1.82) is 0 Å². The summed E-state index contributed by atoms with van der Waals surface area (Å²) in [5, 5.41) is 8.37. The van der Waals surface area contributed by atoms with E-state index in [4.69, 9.17) is 21.3 Å². The van der Waals surface area contributed by atoms with E-state index >= 15 is 0 Å². The van der Waals surface area contributed by atoms with Crippen molar-refractivity contribution in [1.82, 2.24) is 29.4 Å². The number of hydrogen-bond acceptors (Lipinski definition) is 10. The predicted molar refractivity (Wildman–Crippen MR) is 240 cm³/mol. The van der Waals surface area contributed by atoms with E-state index in [0.717, 1.165) is 61.9 Å². The molecule has 0 bridgehead atoms.